The second-order valence-corrected chi connectivity index (χ2v) is 8.20. The average molecular weight is 454 g/mol. The molecule has 0 amide bonds. The highest BCUT2D eigenvalue weighted by Gasteiger charge is 2.47. The Balaban J connectivity index is 1.60. The van der Waals surface area contributed by atoms with Gasteiger partial charge >= 0.3 is 0 Å². The van der Waals surface area contributed by atoms with Gasteiger partial charge in [-0.15, -0.1) is 0 Å². The molecule has 0 N–H and O–H groups in total. The average Bonchev–Trinajstić information content (AvgIpc) is 2.83. The van der Waals surface area contributed by atoms with Crippen molar-refractivity contribution >= 4 is 18.4 Å². The lowest BCUT2D eigenvalue weighted by Gasteiger charge is -2.42. The third-order valence-electron chi connectivity index (χ3n) is 5.63. The summed E-state index contributed by atoms with van der Waals surface area (Å²) < 4.78 is 23.2. The van der Waals surface area contributed by atoms with Gasteiger partial charge in [-0.05, 0) is 37.0 Å². The Morgan fingerprint density at radius 1 is 0.848 bits per heavy atom. The van der Waals surface area contributed by atoms with Gasteiger partial charge in [0.25, 0.3) is 6.29 Å². The summed E-state index contributed by atoms with van der Waals surface area (Å²) in [4.78, 5) is 5.68. The molecule has 0 saturated carbocycles. The Morgan fingerprint density at radius 3 is 2.00 bits per heavy atom. The number of nitrogens with zero attached hydrogens (tertiary/aromatic N) is 1. The second kappa shape index (κ2) is 12.7. The molecule has 0 aromatic heterocycles. The van der Waals surface area contributed by atoms with E-state index < -0.39 is 12.4 Å². The Labute approximate surface area is 197 Å². The van der Waals surface area contributed by atoms with Gasteiger partial charge < -0.3 is 23.8 Å². The summed E-state index contributed by atoms with van der Waals surface area (Å²) in [7, 11) is 3.26. The lowest BCUT2D eigenvalue weighted by molar-refractivity contribution is -0.308. The molecule has 3 rings (SSSR count). The molecular formula is C27H35NO5. The van der Waals surface area contributed by atoms with Crippen molar-refractivity contribution in [3.8, 4) is 0 Å². The molecule has 0 bridgehead atoms. The van der Waals surface area contributed by atoms with E-state index in [0.717, 1.165) is 17.5 Å². The smallest absolute Gasteiger partial charge is 0.256 e. The highest BCUT2D eigenvalue weighted by atomic mass is 16.8. The van der Waals surface area contributed by atoms with Gasteiger partial charge in [0, 0.05) is 20.8 Å². The molecule has 178 valence electrons. The van der Waals surface area contributed by atoms with E-state index in [1.807, 2.05) is 31.2 Å². The van der Waals surface area contributed by atoms with Crippen LogP contribution in [-0.2, 0) is 23.8 Å². The highest BCUT2D eigenvalue weighted by molar-refractivity contribution is 5.80. The quantitative estimate of drug-likeness (QED) is 0.285. The van der Waals surface area contributed by atoms with Crippen LogP contribution in [0.15, 0.2) is 53.7 Å². The zero-order chi connectivity index (χ0) is 23.6. The maximum Gasteiger partial charge on any atom is 0.256 e. The molecule has 0 spiro atoms. The van der Waals surface area contributed by atoms with Crippen LogP contribution in [0.2, 0.25) is 0 Å². The zero-order valence-corrected chi connectivity index (χ0v) is 20.1. The standard InChI is InChI=1S/C27H35NO5/c1-6-17-31-25-24(29-4)20(3)32-27(26(25)30-5)33-28-18-23-15-13-22(14-16-23)12-11-21-9-7-19(2)8-10-21/h7-16,18,20,24-27H,6,17H2,1-5H3. The summed E-state index contributed by atoms with van der Waals surface area (Å²) in [6.45, 7) is 6.69. The van der Waals surface area contributed by atoms with Crippen LogP contribution in [0, 0.1) is 6.92 Å². The zero-order valence-electron chi connectivity index (χ0n) is 20.1. The Hall–Kier alpha value is -2.51. The SMILES string of the molecule is CCCOC1C(OC)C(C)OC(ON=Cc2ccc(C=Cc3ccc(C)cc3)cc2)C1OC. The van der Waals surface area contributed by atoms with E-state index in [-0.39, 0.29) is 18.3 Å². The van der Waals surface area contributed by atoms with Crippen molar-refractivity contribution in [2.75, 3.05) is 20.8 Å². The summed E-state index contributed by atoms with van der Waals surface area (Å²) in [6.07, 6.45) is 4.85. The van der Waals surface area contributed by atoms with Crippen LogP contribution in [0.25, 0.3) is 12.2 Å². The van der Waals surface area contributed by atoms with Crippen molar-refractivity contribution < 1.29 is 23.8 Å². The molecule has 2 aromatic rings. The number of methoxy groups -OCH3 is 2. The molecule has 5 unspecified atom stereocenters. The Morgan fingerprint density at radius 2 is 1.42 bits per heavy atom. The van der Waals surface area contributed by atoms with Gasteiger partial charge in [-0.1, -0.05) is 78.3 Å². The summed E-state index contributed by atoms with van der Waals surface area (Å²) in [6, 6.07) is 16.5. The van der Waals surface area contributed by atoms with Gasteiger partial charge in [-0.25, -0.2) is 0 Å². The van der Waals surface area contributed by atoms with E-state index >= 15 is 0 Å². The molecule has 6 nitrogen and oxygen atoms in total. The van der Waals surface area contributed by atoms with Gasteiger partial charge in [0.1, 0.15) is 12.2 Å². The summed E-state index contributed by atoms with van der Waals surface area (Å²) in [5.74, 6) is 0. The second-order valence-electron chi connectivity index (χ2n) is 8.20. The molecule has 33 heavy (non-hydrogen) atoms. The number of oxime groups is 1. The van der Waals surface area contributed by atoms with Crippen molar-refractivity contribution in [3.05, 3.63) is 70.8 Å². The number of benzene rings is 2. The molecule has 0 radical (unpaired) electrons. The van der Waals surface area contributed by atoms with Crippen molar-refractivity contribution in [1.82, 2.24) is 0 Å². The van der Waals surface area contributed by atoms with Crippen molar-refractivity contribution in [2.24, 2.45) is 5.16 Å². The van der Waals surface area contributed by atoms with E-state index in [1.165, 1.54) is 11.1 Å². The van der Waals surface area contributed by atoms with Gasteiger partial charge in [-0.2, -0.15) is 0 Å². The van der Waals surface area contributed by atoms with E-state index in [4.69, 9.17) is 23.8 Å². The van der Waals surface area contributed by atoms with Crippen molar-refractivity contribution in [1.29, 1.82) is 0 Å². The van der Waals surface area contributed by atoms with Crippen LogP contribution >= 0.6 is 0 Å². The third kappa shape index (κ3) is 6.98. The summed E-state index contributed by atoms with van der Waals surface area (Å²) in [5, 5.41) is 4.15. The Kier molecular flexibility index (Phi) is 9.63. The van der Waals surface area contributed by atoms with Crippen molar-refractivity contribution in [3.63, 3.8) is 0 Å². The number of rotatable bonds is 10. The van der Waals surface area contributed by atoms with E-state index in [1.54, 1.807) is 20.4 Å². The maximum absolute atomic E-state index is 6.01. The fourth-order valence-electron chi connectivity index (χ4n) is 3.79. The minimum absolute atomic E-state index is 0.219. The maximum atomic E-state index is 6.01. The van der Waals surface area contributed by atoms with Gasteiger partial charge in [0.05, 0.1) is 12.3 Å². The third-order valence-corrected chi connectivity index (χ3v) is 5.63. The molecular weight excluding hydrogens is 418 g/mol. The lowest BCUT2D eigenvalue weighted by Crippen LogP contribution is -2.59. The van der Waals surface area contributed by atoms with Gasteiger partial charge in [0.15, 0.2) is 6.10 Å². The topological polar surface area (TPSA) is 58.5 Å². The fourth-order valence-corrected chi connectivity index (χ4v) is 3.79. The molecule has 1 saturated heterocycles. The summed E-state index contributed by atoms with van der Waals surface area (Å²) >= 11 is 0. The predicted octanol–water partition coefficient (Wildman–Crippen LogP) is 5.09. The molecule has 1 heterocycles. The summed E-state index contributed by atoms with van der Waals surface area (Å²) in [5.41, 5.74) is 4.46. The molecule has 1 aliphatic heterocycles. The fraction of sp³-hybridized carbons (Fsp3) is 0.444. The normalized spacial score (nSPS) is 25.7. The first-order valence-electron chi connectivity index (χ1n) is 11.4. The van der Waals surface area contributed by atoms with E-state index in [0.29, 0.717) is 6.61 Å². The molecule has 1 fully saturated rings. The number of hydrogen-bond acceptors (Lipinski definition) is 6. The lowest BCUT2D eigenvalue weighted by atomic mass is 9.99. The van der Waals surface area contributed by atoms with Crippen LogP contribution in [0.3, 0.4) is 0 Å². The van der Waals surface area contributed by atoms with E-state index in [9.17, 15) is 0 Å². The van der Waals surface area contributed by atoms with Gasteiger partial charge in [-0.3, -0.25) is 0 Å². The number of hydrogen-bond donors (Lipinski definition) is 0. The Bertz CT molecular complexity index is 894. The minimum atomic E-state index is -0.689. The minimum Gasteiger partial charge on any atom is -0.376 e. The van der Waals surface area contributed by atoms with Crippen LogP contribution in [0.5, 0.6) is 0 Å². The first kappa shape index (κ1) is 25.1. The van der Waals surface area contributed by atoms with Crippen LogP contribution in [0.4, 0.5) is 0 Å². The van der Waals surface area contributed by atoms with Crippen molar-refractivity contribution in [2.45, 2.75) is 57.9 Å². The van der Waals surface area contributed by atoms with Crippen LogP contribution in [0.1, 0.15) is 42.5 Å². The van der Waals surface area contributed by atoms with Crippen LogP contribution < -0.4 is 0 Å². The molecule has 5 atom stereocenters. The first-order chi connectivity index (χ1) is 16.0. The van der Waals surface area contributed by atoms with Crippen LogP contribution in [-0.4, -0.2) is 57.7 Å². The number of aryl methyl sites for hydroxylation is 1. The molecule has 2 aromatic carbocycles. The van der Waals surface area contributed by atoms with Gasteiger partial charge in [0.2, 0.25) is 0 Å². The highest BCUT2D eigenvalue weighted by Crippen LogP contribution is 2.28. The first-order valence-corrected chi connectivity index (χ1v) is 11.4. The monoisotopic (exact) mass is 453 g/mol. The molecule has 1 aliphatic rings. The predicted molar refractivity (Wildman–Crippen MR) is 131 cm³/mol. The largest absolute Gasteiger partial charge is 0.376 e. The molecule has 6 heteroatoms. The number of ether oxygens (including phenoxy) is 4. The van der Waals surface area contributed by atoms with E-state index in [2.05, 4.69) is 55.4 Å². The molecule has 0 aliphatic carbocycles.